The van der Waals surface area contributed by atoms with E-state index in [0.29, 0.717) is 24.2 Å². The van der Waals surface area contributed by atoms with Gasteiger partial charge in [0, 0.05) is 6.07 Å². The Labute approximate surface area is 223 Å². The Morgan fingerprint density at radius 2 is 1.05 bits per heavy atom. The van der Waals surface area contributed by atoms with E-state index in [1.54, 1.807) is 30.3 Å². The lowest BCUT2D eigenvalue weighted by Gasteiger charge is -2.39. The first-order chi connectivity index (χ1) is 18.6. The van der Waals surface area contributed by atoms with E-state index >= 15 is 0 Å². The number of aryl methyl sites for hydroxylation is 2. The number of aliphatic hydroxyl groups is 8. The van der Waals surface area contributed by atoms with Crippen molar-refractivity contribution in [2.45, 2.75) is 74.3 Å². The highest BCUT2D eigenvalue weighted by molar-refractivity contribution is 5.38. The minimum Gasteiger partial charge on any atom is -0.508 e. The second kappa shape index (κ2) is 12.7. The van der Waals surface area contributed by atoms with Gasteiger partial charge in [0.2, 0.25) is 12.6 Å². The van der Waals surface area contributed by atoms with Crippen molar-refractivity contribution >= 4 is 0 Å². The van der Waals surface area contributed by atoms with Crippen LogP contribution >= 0.6 is 0 Å². The highest BCUT2D eigenvalue weighted by atomic mass is 16.7. The Morgan fingerprint density at radius 3 is 1.56 bits per heavy atom. The quantitative estimate of drug-likeness (QED) is 0.157. The van der Waals surface area contributed by atoms with Gasteiger partial charge in [-0.3, -0.25) is 0 Å². The van der Waals surface area contributed by atoms with E-state index in [0.717, 1.165) is 5.56 Å². The first kappa shape index (κ1) is 29.4. The maximum atomic E-state index is 10.2. The molecule has 4 rings (SSSR count). The number of hydrogen-bond donors (Lipinski definition) is 9. The van der Waals surface area contributed by atoms with Gasteiger partial charge >= 0.3 is 0 Å². The van der Waals surface area contributed by atoms with Crippen LogP contribution in [0.15, 0.2) is 42.5 Å². The molecule has 216 valence electrons. The SMILES string of the molecule is OC[C@H]1O[C@@H](Oc2ccc(CCc3cc(O)cc(O[C@@H]4O[C@H](CO)[C@H](O)[C@H](O)[C@H]4O)c3)cc2)[C@H](O)[C@@H](O)[C@H]1O. The fourth-order valence-electron chi connectivity index (χ4n) is 4.48. The lowest BCUT2D eigenvalue weighted by Crippen LogP contribution is -2.60. The van der Waals surface area contributed by atoms with E-state index in [1.807, 2.05) is 0 Å². The Morgan fingerprint density at radius 1 is 0.564 bits per heavy atom. The number of phenols is 1. The molecule has 2 aromatic rings. The molecule has 13 heteroatoms. The third kappa shape index (κ3) is 6.78. The van der Waals surface area contributed by atoms with Crippen molar-refractivity contribution in [2.75, 3.05) is 13.2 Å². The van der Waals surface area contributed by atoms with Gasteiger partial charge in [0.25, 0.3) is 0 Å². The molecule has 0 saturated carbocycles. The van der Waals surface area contributed by atoms with Crippen molar-refractivity contribution in [2.24, 2.45) is 0 Å². The first-order valence-corrected chi connectivity index (χ1v) is 12.5. The molecule has 2 aliphatic heterocycles. The van der Waals surface area contributed by atoms with Crippen molar-refractivity contribution < 1.29 is 64.9 Å². The molecule has 9 N–H and O–H groups in total. The molecule has 0 unspecified atom stereocenters. The standard InChI is InChI=1S/C26H34O13/c27-10-17-19(30)21(32)23(34)25(38-17)36-15-5-3-12(4-6-15)1-2-13-7-14(29)9-16(8-13)37-26-24(35)22(33)20(31)18(11-28)39-26/h3-9,17-35H,1-2,10-11H2/t17-,18-,19+,20+,21+,22+,23-,24-,25-,26-/m1/s1. The van der Waals surface area contributed by atoms with Gasteiger partial charge in [-0.2, -0.15) is 0 Å². The third-order valence-corrected chi connectivity index (χ3v) is 6.78. The summed E-state index contributed by atoms with van der Waals surface area (Å²) in [5.74, 6) is 0.378. The fourth-order valence-corrected chi connectivity index (χ4v) is 4.48. The Hall–Kier alpha value is -2.56. The lowest BCUT2D eigenvalue weighted by atomic mass is 9.99. The van der Waals surface area contributed by atoms with Crippen molar-refractivity contribution in [1.82, 2.24) is 0 Å². The van der Waals surface area contributed by atoms with Crippen LogP contribution in [0, 0.1) is 0 Å². The van der Waals surface area contributed by atoms with Crippen molar-refractivity contribution in [3.8, 4) is 17.2 Å². The Bertz CT molecular complexity index is 1060. The smallest absolute Gasteiger partial charge is 0.229 e. The molecule has 0 bridgehead atoms. The predicted octanol–water partition coefficient (Wildman–Crippen LogP) is -2.47. The number of aliphatic hydroxyl groups excluding tert-OH is 8. The van der Waals surface area contributed by atoms with E-state index in [-0.39, 0.29) is 11.5 Å². The van der Waals surface area contributed by atoms with Crippen LogP contribution in [0.25, 0.3) is 0 Å². The zero-order chi connectivity index (χ0) is 28.3. The van der Waals surface area contributed by atoms with Gasteiger partial charge in [0.1, 0.15) is 66.1 Å². The molecule has 0 aliphatic carbocycles. The van der Waals surface area contributed by atoms with Gasteiger partial charge in [-0.25, -0.2) is 0 Å². The van der Waals surface area contributed by atoms with Gasteiger partial charge in [-0.05, 0) is 48.2 Å². The van der Waals surface area contributed by atoms with Crippen LogP contribution in [-0.4, -0.2) is 121 Å². The molecule has 2 aromatic carbocycles. The average molecular weight is 555 g/mol. The zero-order valence-corrected chi connectivity index (χ0v) is 20.8. The molecule has 0 radical (unpaired) electrons. The summed E-state index contributed by atoms with van der Waals surface area (Å²) in [5.41, 5.74) is 1.59. The molecule has 0 aromatic heterocycles. The summed E-state index contributed by atoms with van der Waals surface area (Å²) in [4.78, 5) is 0. The van der Waals surface area contributed by atoms with Crippen LogP contribution < -0.4 is 9.47 Å². The van der Waals surface area contributed by atoms with Gasteiger partial charge < -0.3 is 64.9 Å². The summed E-state index contributed by atoms with van der Waals surface area (Å²) < 4.78 is 21.9. The van der Waals surface area contributed by atoms with Crippen LogP contribution in [0.2, 0.25) is 0 Å². The molecule has 2 fully saturated rings. The predicted molar refractivity (Wildman–Crippen MR) is 131 cm³/mol. The van der Waals surface area contributed by atoms with E-state index in [1.165, 1.54) is 12.1 Å². The highest BCUT2D eigenvalue weighted by Gasteiger charge is 2.45. The molecule has 10 atom stereocenters. The van der Waals surface area contributed by atoms with E-state index in [4.69, 9.17) is 18.9 Å². The second-order valence-electron chi connectivity index (χ2n) is 9.61. The number of phenolic OH excluding ortho intramolecular Hbond substituents is 1. The maximum absolute atomic E-state index is 10.2. The van der Waals surface area contributed by atoms with E-state index in [2.05, 4.69) is 0 Å². The second-order valence-corrected chi connectivity index (χ2v) is 9.61. The Kier molecular flexibility index (Phi) is 9.61. The summed E-state index contributed by atoms with van der Waals surface area (Å²) in [5, 5.41) is 88.8. The average Bonchev–Trinajstić information content (AvgIpc) is 2.93. The summed E-state index contributed by atoms with van der Waals surface area (Å²) in [6.07, 6.45) is -13.1. The van der Waals surface area contributed by atoms with Crippen LogP contribution in [0.1, 0.15) is 11.1 Å². The fraction of sp³-hybridized carbons (Fsp3) is 0.538. The molecule has 0 amide bonds. The van der Waals surface area contributed by atoms with Crippen LogP contribution in [0.4, 0.5) is 0 Å². The summed E-state index contributed by atoms with van der Waals surface area (Å²) in [6.45, 7) is -1.16. The van der Waals surface area contributed by atoms with Gasteiger partial charge in [-0.1, -0.05) is 12.1 Å². The summed E-state index contributed by atoms with van der Waals surface area (Å²) in [6, 6.07) is 11.3. The normalized spacial score (nSPS) is 35.0. The molecule has 2 aliphatic rings. The summed E-state index contributed by atoms with van der Waals surface area (Å²) in [7, 11) is 0. The third-order valence-electron chi connectivity index (χ3n) is 6.78. The largest absolute Gasteiger partial charge is 0.508 e. The molecule has 39 heavy (non-hydrogen) atoms. The first-order valence-electron chi connectivity index (χ1n) is 12.5. The number of aromatic hydroxyl groups is 1. The topological polar surface area (TPSA) is 219 Å². The van der Waals surface area contributed by atoms with Gasteiger partial charge in [0.05, 0.1) is 13.2 Å². The number of hydrogen-bond acceptors (Lipinski definition) is 13. The molecular formula is C26H34O13. The molecule has 0 spiro atoms. The van der Waals surface area contributed by atoms with Gasteiger partial charge in [-0.15, -0.1) is 0 Å². The molecule has 2 heterocycles. The number of benzene rings is 2. The number of ether oxygens (including phenoxy) is 4. The Balaban J connectivity index is 1.35. The zero-order valence-electron chi connectivity index (χ0n) is 20.8. The molecule has 2 saturated heterocycles. The summed E-state index contributed by atoms with van der Waals surface area (Å²) >= 11 is 0. The van der Waals surface area contributed by atoms with E-state index in [9.17, 15) is 46.0 Å². The van der Waals surface area contributed by atoms with Crippen LogP contribution in [0.3, 0.4) is 0 Å². The van der Waals surface area contributed by atoms with E-state index < -0.39 is 74.6 Å². The number of rotatable bonds is 9. The monoisotopic (exact) mass is 554 g/mol. The highest BCUT2D eigenvalue weighted by Crippen LogP contribution is 2.29. The molecular weight excluding hydrogens is 520 g/mol. The lowest BCUT2D eigenvalue weighted by molar-refractivity contribution is -0.277. The molecule has 13 nitrogen and oxygen atoms in total. The minimum absolute atomic E-state index is 0.102. The van der Waals surface area contributed by atoms with Crippen LogP contribution in [-0.2, 0) is 22.3 Å². The maximum Gasteiger partial charge on any atom is 0.229 e. The van der Waals surface area contributed by atoms with Gasteiger partial charge in [0.15, 0.2) is 0 Å². The van der Waals surface area contributed by atoms with Crippen molar-refractivity contribution in [3.63, 3.8) is 0 Å². The van der Waals surface area contributed by atoms with Crippen LogP contribution in [0.5, 0.6) is 17.2 Å². The van der Waals surface area contributed by atoms with Crippen molar-refractivity contribution in [1.29, 1.82) is 0 Å². The van der Waals surface area contributed by atoms with Crippen molar-refractivity contribution in [3.05, 3.63) is 53.6 Å². The minimum atomic E-state index is -1.59.